The highest BCUT2D eigenvalue weighted by Crippen LogP contribution is 2.34. The van der Waals surface area contributed by atoms with Gasteiger partial charge in [-0.25, -0.2) is 9.82 Å². The molecule has 6 nitrogen and oxygen atoms in total. The summed E-state index contributed by atoms with van der Waals surface area (Å²) >= 11 is 12.6. The number of ether oxygens (including phenoxy) is 3. The number of carbonyl (C=O) groups excluding carboxylic acids is 1. The largest absolute Gasteiger partial charge is 0.490 e. The highest BCUT2D eigenvalue weighted by atomic mass is 35.5. The Labute approximate surface area is 207 Å². The van der Waals surface area contributed by atoms with Crippen LogP contribution in [0, 0.1) is 5.82 Å². The molecule has 34 heavy (non-hydrogen) atoms. The maximum Gasteiger partial charge on any atom is 0.271 e. The van der Waals surface area contributed by atoms with Gasteiger partial charge in [-0.1, -0.05) is 35.3 Å². The summed E-state index contributed by atoms with van der Waals surface area (Å²) in [5, 5.41) is 4.48. The van der Waals surface area contributed by atoms with Crippen molar-refractivity contribution >= 4 is 35.3 Å². The summed E-state index contributed by atoms with van der Waals surface area (Å²) in [6.45, 7) is 4.74. The van der Waals surface area contributed by atoms with Crippen molar-refractivity contribution < 1.29 is 23.4 Å². The lowest BCUT2D eigenvalue weighted by molar-refractivity contribution is 0.0954. The molecule has 3 aromatic carbocycles. The highest BCUT2D eigenvalue weighted by molar-refractivity contribution is 6.37. The van der Waals surface area contributed by atoms with E-state index >= 15 is 0 Å². The zero-order valence-electron chi connectivity index (χ0n) is 18.6. The third-order valence-corrected chi connectivity index (χ3v) is 5.04. The molecule has 0 fully saturated rings. The Kier molecular flexibility index (Phi) is 9.13. The molecule has 9 heteroatoms. The third-order valence-electron chi connectivity index (χ3n) is 4.48. The maximum atomic E-state index is 13.3. The van der Waals surface area contributed by atoms with Gasteiger partial charge in [0.1, 0.15) is 12.4 Å². The molecule has 0 aliphatic carbocycles. The number of hydrogen-bond acceptors (Lipinski definition) is 5. The lowest BCUT2D eigenvalue weighted by Crippen LogP contribution is -2.17. The Hall–Kier alpha value is -3.29. The van der Waals surface area contributed by atoms with E-state index in [0.717, 1.165) is 0 Å². The number of amides is 1. The minimum atomic E-state index is -0.424. The molecule has 0 aliphatic heterocycles. The van der Waals surface area contributed by atoms with E-state index in [1.165, 1.54) is 18.3 Å². The Bertz CT molecular complexity index is 1160. The summed E-state index contributed by atoms with van der Waals surface area (Å²) < 4.78 is 30.0. The smallest absolute Gasteiger partial charge is 0.271 e. The van der Waals surface area contributed by atoms with Gasteiger partial charge < -0.3 is 14.2 Å². The molecule has 0 aliphatic rings. The molecule has 0 radical (unpaired) electrons. The van der Waals surface area contributed by atoms with E-state index in [4.69, 9.17) is 37.4 Å². The SMILES string of the molecule is CCOc1ccc(C(=O)N/N=C/c2cc(Cl)c(OCc3cccc(F)c3)c(Cl)c2)cc1OCC. The van der Waals surface area contributed by atoms with Gasteiger partial charge in [-0.15, -0.1) is 0 Å². The van der Waals surface area contributed by atoms with E-state index in [1.807, 2.05) is 13.8 Å². The maximum absolute atomic E-state index is 13.3. The first-order valence-corrected chi connectivity index (χ1v) is 11.3. The van der Waals surface area contributed by atoms with Gasteiger partial charge in [0.15, 0.2) is 17.2 Å². The summed E-state index contributed by atoms with van der Waals surface area (Å²) in [5.74, 6) is 0.534. The molecule has 0 spiro atoms. The minimum absolute atomic E-state index is 0.104. The highest BCUT2D eigenvalue weighted by Gasteiger charge is 2.12. The quantitative estimate of drug-likeness (QED) is 0.260. The third kappa shape index (κ3) is 6.85. The van der Waals surface area contributed by atoms with Crippen LogP contribution in [-0.4, -0.2) is 25.3 Å². The standard InChI is InChI=1S/C25H23Cl2FN2O4/c1-3-32-22-9-8-18(13-23(22)33-4-2)25(31)30-29-14-17-11-20(26)24(21(27)12-17)34-15-16-6-5-7-19(28)10-16/h5-14H,3-4,15H2,1-2H3,(H,30,31)/b29-14+. The van der Waals surface area contributed by atoms with Crippen molar-refractivity contribution in [3.63, 3.8) is 0 Å². The van der Waals surface area contributed by atoms with Crippen molar-refractivity contribution in [2.75, 3.05) is 13.2 Å². The molecule has 0 saturated carbocycles. The van der Waals surface area contributed by atoms with E-state index in [0.29, 0.717) is 41.4 Å². The average Bonchev–Trinajstić information content (AvgIpc) is 2.80. The number of rotatable bonds is 10. The number of hydrazone groups is 1. The fraction of sp³-hybridized carbons (Fsp3) is 0.200. The van der Waals surface area contributed by atoms with Gasteiger partial charge in [0.05, 0.1) is 29.5 Å². The molecule has 1 N–H and O–H groups in total. The summed E-state index contributed by atoms with van der Waals surface area (Å²) in [4.78, 5) is 12.5. The van der Waals surface area contributed by atoms with Crippen LogP contribution in [0.25, 0.3) is 0 Å². The molecule has 0 bridgehead atoms. The summed E-state index contributed by atoms with van der Waals surface area (Å²) in [7, 11) is 0. The van der Waals surface area contributed by atoms with Crippen molar-refractivity contribution in [3.8, 4) is 17.2 Å². The molecule has 3 aromatic rings. The molecule has 0 aromatic heterocycles. The van der Waals surface area contributed by atoms with Crippen molar-refractivity contribution in [3.05, 3.63) is 87.2 Å². The van der Waals surface area contributed by atoms with Gasteiger partial charge in [0, 0.05) is 5.56 Å². The van der Waals surface area contributed by atoms with Gasteiger partial charge in [0.25, 0.3) is 5.91 Å². The second-order valence-corrected chi connectivity index (χ2v) is 7.77. The van der Waals surface area contributed by atoms with Gasteiger partial charge in [-0.05, 0) is 67.4 Å². The van der Waals surface area contributed by atoms with Gasteiger partial charge >= 0.3 is 0 Å². The van der Waals surface area contributed by atoms with Crippen molar-refractivity contribution in [2.45, 2.75) is 20.5 Å². The Balaban J connectivity index is 1.65. The van der Waals surface area contributed by atoms with Crippen LogP contribution >= 0.6 is 23.2 Å². The Morgan fingerprint density at radius 2 is 1.68 bits per heavy atom. The second kappa shape index (κ2) is 12.3. The average molecular weight is 505 g/mol. The van der Waals surface area contributed by atoms with Crippen LogP contribution < -0.4 is 19.6 Å². The summed E-state index contributed by atoms with van der Waals surface area (Å²) in [6, 6.07) is 14.1. The molecule has 178 valence electrons. The van der Waals surface area contributed by atoms with Crippen LogP contribution in [-0.2, 0) is 6.61 Å². The first-order valence-electron chi connectivity index (χ1n) is 10.5. The fourth-order valence-electron chi connectivity index (χ4n) is 3.00. The molecule has 0 unspecified atom stereocenters. The van der Waals surface area contributed by atoms with Crippen LogP contribution in [0.15, 0.2) is 59.7 Å². The molecular formula is C25H23Cl2FN2O4. The minimum Gasteiger partial charge on any atom is -0.490 e. The van der Waals surface area contributed by atoms with Gasteiger partial charge in [-0.3, -0.25) is 4.79 Å². The van der Waals surface area contributed by atoms with Crippen LogP contribution in [0.1, 0.15) is 35.3 Å². The number of benzene rings is 3. The molecule has 1 amide bonds. The van der Waals surface area contributed by atoms with Crippen LogP contribution in [0.3, 0.4) is 0 Å². The van der Waals surface area contributed by atoms with E-state index in [1.54, 1.807) is 42.5 Å². The van der Waals surface area contributed by atoms with E-state index in [2.05, 4.69) is 10.5 Å². The van der Waals surface area contributed by atoms with E-state index in [-0.39, 0.29) is 28.2 Å². The van der Waals surface area contributed by atoms with Crippen molar-refractivity contribution in [2.24, 2.45) is 5.10 Å². The van der Waals surface area contributed by atoms with E-state index in [9.17, 15) is 9.18 Å². The molecular weight excluding hydrogens is 482 g/mol. The fourth-order valence-corrected chi connectivity index (χ4v) is 3.61. The lowest BCUT2D eigenvalue weighted by Gasteiger charge is -2.12. The first-order chi connectivity index (χ1) is 16.4. The predicted octanol–water partition coefficient (Wildman–Crippen LogP) is 6.27. The monoisotopic (exact) mass is 504 g/mol. The van der Waals surface area contributed by atoms with E-state index < -0.39 is 5.91 Å². The Morgan fingerprint density at radius 1 is 0.971 bits per heavy atom. The normalized spacial score (nSPS) is 10.9. The summed E-state index contributed by atoms with van der Waals surface area (Å²) in [6.07, 6.45) is 1.41. The first kappa shape index (κ1) is 25.3. The lowest BCUT2D eigenvalue weighted by atomic mass is 10.2. The molecule has 0 atom stereocenters. The zero-order chi connectivity index (χ0) is 24.5. The van der Waals surface area contributed by atoms with Crippen LogP contribution in [0.4, 0.5) is 4.39 Å². The number of nitrogens with one attached hydrogen (secondary N) is 1. The number of carbonyl (C=O) groups is 1. The predicted molar refractivity (Wildman–Crippen MR) is 131 cm³/mol. The Morgan fingerprint density at radius 3 is 2.35 bits per heavy atom. The van der Waals surface area contributed by atoms with Crippen molar-refractivity contribution in [1.29, 1.82) is 0 Å². The molecule has 0 heterocycles. The van der Waals surface area contributed by atoms with Gasteiger partial charge in [0.2, 0.25) is 0 Å². The molecule has 3 rings (SSSR count). The summed E-state index contributed by atoms with van der Waals surface area (Å²) in [5.41, 5.74) is 4.01. The number of hydrogen-bond donors (Lipinski definition) is 1. The zero-order valence-corrected chi connectivity index (χ0v) is 20.1. The van der Waals surface area contributed by atoms with Crippen LogP contribution in [0.5, 0.6) is 17.2 Å². The molecule has 0 saturated heterocycles. The topological polar surface area (TPSA) is 69.2 Å². The number of nitrogens with zero attached hydrogens (tertiary/aromatic N) is 1. The number of halogens is 3. The van der Waals surface area contributed by atoms with Gasteiger partial charge in [-0.2, -0.15) is 5.10 Å². The second-order valence-electron chi connectivity index (χ2n) is 6.96. The van der Waals surface area contributed by atoms with Crippen LogP contribution in [0.2, 0.25) is 10.0 Å². The van der Waals surface area contributed by atoms with Crippen molar-refractivity contribution in [1.82, 2.24) is 5.43 Å².